The van der Waals surface area contributed by atoms with Gasteiger partial charge in [-0.2, -0.15) is 4.98 Å². The molecule has 6 nitrogen and oxygen atoms in total. The Kier molecular flexibility index (Phi) is 4.31. The van der Waals surface area contributed by atoms with Gasteiger partial charge < -0.3 is 11.1 Å². The highest BCUT2D eigenvalue weighted by Gasteiger charge is 2.33. The number of anilines is 1. The molecule has 0 fully saturated rings. The molecule has 1 atom stereocenters. The first kappa shape index (κ1) is 17.5. The molecule has 4 rings (SSSR count). The Hall–Kier alpha value is -2.93. The van der Waals surface area contributed by atoms with Crippen molar-refractivity contribution in [2.24, 2.45) is 5.73 Å². The van der Waals surface area contributed by atoms with Crippen LogP contribution in [0.2, 0.25) is 0 Å². The van der Waals surface area contributed by atoms with Crippen LogP contribution in [-0.2, 0) is 4.79 Å². The number of carbonyl (C=O) groups excluding carboxylic acids is 1. The molecule has 0 saturated carbocycles. The van der Waals surface area contributed by atoms with Crippen molar-refractivity contribution in [3.63, 3.8) is 0 Å². The fourth-order valence-corrected chi connectivity index (χ4v) is 3.78. The molecule has 3 N–H and O–H groups in total. The molecule has 0 spiro atoms. The molecular weight excluding hydrogens is 406 g/mol. The lowest BCUT2D eigenvalue weighted by atomic mass is 9.95. The summed E-state index contributed by atoms with van der Waals surface area (Å²) in [7, 11) is 0. The minimum Gasteiger partial charge on any atom is -0.366 e. The third kappa shape index (κ3) is 3.14. The van der Waals surface area contributed by atoms with Crippen LogP contribution in [0.25, 0.3) is 11.4 Å². The summed E-state index contributed by atoms with van der Waals surface area (Å²) in [6, 6.07) is 15.3. The number of nitrogens with zero attached hydrogens (tertiary/aromatic N) is 3. The topological polar surface area (TPSA) is 85.8 Å². The fraction of sp³-hybridized carbons (Fsp3) is 0.150. The number of rotatable bonds is 3. The van der Waals surface area contributed by atoms with Gasteiger partial charge in [0.05, 0.1) is 5.57 Å². The summed E-state index contributed by atoms with van der Waals surface area (Å²) in [4.78, 5) is 16.9. The lowest BCUT2D eigenvalue weighted by molar-refractivity contribution is -0.115. The van der Waals surface area contributed by atoms with E-state index in [1.807, 2.05) is 62.4 Å². The second-order valence-electron chi connectivity index (χ2n) is 6.56. The molecule has 27 heavy (non-hydrogen) atoms. The number of primary amides is 1. The van der Waals surface area contributed by atoms with E-state index >= 15 is 0 Å². The third-order valence-corrected chi connectivity index (χ3v) is 5.05. The molecule has 2 aromatic carbocycles. The van der Waals surface area contributed by atoms with Crippen LogP contribution in [0.1, 0.15) is 24.1 Å². The predicted molar refractivity (Wildman–Crippen MR) is 108 cm³/mol. The van der Waals surface area contributed by atoms with E-state index in [0.29, 0.717) is 23.0 Å². The van der Waals surface area contributed by atoms with Gasteiger partial charge >= 0.3 is 0 Å². The number of hydrogen-bond donors (Lipinski definition) is 2. The highest BCUT2D eigenvalue weighted by atomic mass is 79.9. The molecule has 0 bridgehead atoms. The highest BCUT2D eigenvalue weighted by molar-refractivity contribution is 9.10. The van der Waals surface area contributed by atoms with Crippen LogP contribution in [0, 0.1) is 6.92 Å². The highest BCUT2D eigenvalue weighted by Crippen LogP contribution is 2.36. The number of nitrogens with one attached hydrogen (secondary N) is 1. The van der Waals surface area contributed by atoms with Gasteiger partial charge in [0.1, 0.15) is 6.04 Å². The van der Waals surface area contributed by atoms with Gasteiger partial charge in [-0.15, -0.1) is 5.10 Å². The maximum Gasteiger partial charge on any atom is 0.248 e. The first-order valence-corrected chi connectivity index (χ1v) is 9.30. The van der Waals surface area contributed by atoms with Crippen LogP contribution in [-0.4, -0.2) is 20.7 Å². The average Bonchev–Trinajstić information content (AvgIpc) is 3.03. The molecule has 0 saturated heterocycles. The molecule has 1 aliphatic heterocycles. The van der Waals surface area contributed by atoms with Crippen LogP contribution in [0.5, 0.6) is 0 Å². The summed E-state index contributed by atoms with van der Waals surface area (Å²) >= 11 is 3.50. The Morgan fingerprint density at radius 2 is 1.96 bits per heavy atom. The average molecular weight is 424 g/mol. The van der Waals surface area contributed by atoms with Gasteiger partial charge in [0.15, 0.2) is 5.82 Å². The van der Waals surface area contributed by atoms with Crippen LogP contribution < -0.4 is 11.1 Å². The standard InChI is InChI=1S/C20H18BrN5O/c1-11-5-3-7-14(9-11)19-24-20-23-12(2)16(18(22)27)17(26(20)25-19)13-6-4-8-15(21)10-13/h3-10,17H,1-2H3,(H2,22,27)(H,23,24,25). The molecular formula is C20H18BrN5O. The number of nitrogens with two attached hydrogens (primary N) is 1. The number of benzene rings is 2. The van der Waals surface area contributed by atoms with Crippen LogP contribution in [0.15, 0.2) is 64.3 Å². The zero-order chi connectivity index (χ0) is 19.1. The van der Waals surface area contributed by atoms with Crippen molar-refractivity contribution in [3.8, 4) is 11.4 Å². The van der Waals surface area contributed by atoms with Crippen molar-refractivity contribution in [2.45, 2.75) is 19.9 Å². The van der Waals surface area contributed by atoms with Gasteiger partial charge in [0.25, 0.3) is 0 Å². The maximum atomic E-state index is 12.2. The Morgan fingerprint density at radius 1 is 1.19 bits per heavy atom. The quantitative estimate of drug-likeness (QED) is 0.670. The third-order valence-electron chi connectivity index (χ3n) is 4.56. The summed E-state index contributed by atoms with van der Waals surface area (Å²) in [5.74, 6) is 0.696. The van der Waals surface area contributed by atoms with Crippen molar-refractivity contribution in [2.75, 3.05) is 5.32 Å². The van der Waals surface area contributed by atoms with E-state index in [1.165, 1.54) is 0 Å². The summed E-state index contributed by atoms with van der Waals surface area (Å²) in [5, 5.41) is 7.87. The Balaban J connectivity index is 1.90. The van der Waals surface area contributed by atoms with E-state index in [-0.39, 0.29) is 0 Å². The van der Waals surface area contributed by atoms with Crippen molar-refractivity contribution >= 4 is 27.8 Å². The Bertz CT molecular complexity index is 1090. The number of allylic oxidation sites excluding steroid dienone is 1. The number of aryl methyl sites for hydroxylation is 1. The zero-order valence-electron chi connectivity index (χ0n) is 14.9. The van der Waals surface area contributed by atoms with Crippen LogP contribution in [0.4, 0.5) is 5.95 Å². The van der Waals surface area contributed by atoms with Crippen molar-refractivity contribution in [1.82, 2.24) is 14.8 Å². The molecule has 1 unspecified atom stereocenters. The number of fused-ring (bicyclic) bond motifs is 1. The van der Waals surface area contributed by atoms with Crippen molar-refractivity contribution < 1.29 is 4.79 Å². The molecule has 0 radical (unpaired) electrons. The predicted octanol–water partition coefficient (Wildman–Crippen LogP) is 3.79. The number of carbonyl (C=O) groups is 1. The number of halogens is 1. The van der Waals surface area contributed by atoms with Gasteiger partial charge in [0.2, 0.25) is 11.9 Å². The molecule has 1 amide bonds. The van der Waals surface area contributed by atoms with Gasteiger partial charge in [0, 0.05) is 15.7 Å². The molecule has 2 heterocycles. The lowest BCUT2D eigenvalue weighted by Crippen LogP contribution is -2.31. The smallest absolute Gasteiger partial charge is 0.248 e. The van der Waals surface area contributed by atoms with Crippen LogP contribution >= 0.6 is 15.9 Å². The van der Waals surface area contributed by atoms with Crippen molar-refractivity contribution in [3.05, 3.63) is 75.4 Å². The van der Waals surface area contributed by atoms with Crippen LogP contribution in [0.3, 0.4) is 0 Å². The monoisotopic (exact) mass is 423 g/mol. The largest absolute Gasteiger partial charge is 0.366 e. The molecule has 0 aliphatic carbocycles. The minimum absolute atomic E-state index is 0.442. The zero-order valence-corrected chi connectivity index (χ0v) is 16.5. The van der Waals surface area contributed by atoms with Crippen molar-refractivity contribution in [1.29, 1.82) is 0 Å². The minimum atomic E-state index is -0.483. The summed E-state index contributed by atoms with van der Waals surface area (Å²) in [6.45, 7) is 3.86. The molecule has 136 valence electrons. The Morgan fingerprint density at radius 3 is 2.67 bits per heavy atom. The normalized spacial score (nSPS) is 16.0. The summed E-state index contributed by atoms with van der Waals surface area (Å²) in [6.07, 6.45) is 0. The maximum absolute atomic E-state index is 12.2. The fourth-order valence-electron chi connectivity index (χ4n) is 3.36. The number of hydrogen-bond acceptors (Lipinski definition) is 4. The second-order valence-corrected chi connectivity index (χ2v) is 7.47. The summed E-state index contributed by atoms with van der Waals surface area (Å²) in [5.41, 5.74) is 9.82. The second kappa shape index (κ2) is 6.66. The van der Waals surface area contributed by atoms with E-state index in [2.05, 4.69) is 26.2 Å². The number of aromatic nitrogens is 3. The Labute approximate surface area is 165 Å². The van der Waals surface area contributed by atoms with Gasteiger partial charge in [-0.3, -0.25) is 4.79 Å². The molecule has 3 aromatic rings. The van der Waals surface area contributed by atoms with E-state index in [9.17, 15) is 4.79 Å². The molecule has 7 heteroatoms. The first-order chi connectivity index (χ1) is 12.9. The van der Waals surface area contributed by atoms with Gasteiger partial charge in [-0.25, -0.2) is 4.68 Å². The van der Waals surface area contributed by atoms with E-state index in [1.54, 1.807) is 4.68 Å². The van der Waals surface area contributed by atoms with E-state index in [4.69, 9.17) is 10.8 Å². The van der Waals surface area contributed by atoms with E-state index in [0.717, 1.165) is 21.2 Å². The van der Waals surface area contributed by atoms with Gasteiger partial charge in [-0.05, 0) is 37.6 Å². The summed E-state index contributed by atoms with van der Waals surface area (Å²) < 4.78 is 2.65. The molecule has 1 aromatic heterocycles. The lowest BCUT2D eigenvalue weighted by Gasteiger charge is -2.27. The SMILES string of the molecule is CC1=C(C(N)=O)C(c2cccc(Br)c2)n2nc(-c3cccc(C)c3)nc2N1. The first-order valence-electron chi connectivity index (χ1n) is 8.50. The van der Waals surface area contributed by atoms with Gasteiger partial charge in [-0.1, -0.05) is 51.8 Å². The number of amides is 1. The van der Waals surface area contributed by atoms with E-state index < -0.39 is 11.9 Å². The molecule has 1 aliphatic rings.